The van der Waals surface area contributed by atoms with Gasteiger partial charge in [-0.2, -0.15) is 13.2 Å². The molecule has 0 fully saturated rings. The maximum absolute atomic E-state index is 12.5. The molecule has 2 heterocycles. The first-order valence-electron chi connectivity index (χ1n) is 6.59. The molecule has 0 saturated carbocycles. The lowest BCUT2D eigenvalue weighted by Crippen LogP contribution is -2.18. The Kier molecular flexibility index (Phi) is 4.20. The lowest BCUT2D eigenvalue weighted by atomic mass is 10.1. The lowest BCUT2D eigenvalue weighted by molar-refractivity contribution is -0.137. The fourth-order valence-electron chi connectivity index (χ4n) is 2.03. The minimum absolute atomic E-state index is 0.111. The Morgan fingerprint density at radius 1 is 1.22 bits per heavy atom. The third kappa shape index (κ3) is 3.28. The summed E-state index contributed by atoms with van der Waals surface area (Å²) in [5.74, 6) is 0.439. The highest BCUT2D eigenvalue weighted by atomic mass is 32.2. The molecule has 0 bridgehead atoms. The Morgan fingerprint density at radius 2 is 1.91 bits per heavy atom. The predicted octanol–water partition coefficient (Wildman–Crippen LogP) is 4.31. The van der Waals surface area contributed by atoms with E-state index in [1.807, 2.05) is 5.38 Å². The predicted molar refractivity (Wildman–Crippen MR) is 85.9 cm³/mol. The molecule has 0 atom stereocenters. The first-order valence-corrected chi connectivity index (χ1v) is 8.46. The van der Waals surface area contributed by atoms with Gasteiger partial charge in [-0.3, -0.25) is 9.36 Å². The van der Waals surface area contributed by atoms with Crippen LogP contribution in [0.1, 0.15) is 11.1 Å². The molecule has 0 saturated heterocycles. The molecule has 0 amide bonds. The summed E-state index contributed by atoms with van der Waals surface area (Å²) in [6.07, 6.45) is -4.33. The van der Waals surface area contributed by atoms with Crippen molar-refractivity contribution in [3.05, 3.63) is 57.2 Å². The molecule has 0 aliphatic rings. The Labute approximate surface area is 137 Å². The molecule has 0 N–H and O–H groups in total. The number of thiophene rings is 1. The van der Waals surface area contributed by atoms with Gasteiger partial charge in [-0.05, 0) is 29.1 Å². The molecular weight excluding hydrogens is 345 g/mol. The number of thioether (sulfide) groups is 1. The maximum atomic E-state index is 12.5. The summed E-state index contributed by atoms with van der Waals surface area (Å²) in [6.45, 7) is 0. The summed E-state index contributed by atoms with van der Waals surface area (Å²) in [6, 6.07) is 6.78. The fourth-order valence-corrected chi connectivity index (χ4v) is 3.77. The Bertz CT molecular complexity index is 898. The van der Waals surface area contributed by atoms with Crippen LogP contribution in [0.5, 0.6) is 0 Å². The molecule has 8 heteroatoms. The fraction of sp³-hybridized carbons (Fsp3) is 0.200. The first kappa shape index (κ1) is 16.1. The van der Waals surface area contributed by atoms with Crippen molar-refractivity contribution in [1.82, 2.24) is 9.55 Å². The highest BCUT2D eigenvalue weighted by molar-refractivity contribution is 7.98. The second-order valence-corrected chi connectivity index (χ2v) is 6.74. The smallest absolute Gasteiger partial charge is 0.290 e. The molecule has 23 heavy (non-hydrogen) atoms. The van der Waals surface area contributed by atoms with Crippen LogP contribution in [0.2, 0.25) is 0 Å². The number of fused-ring (bicyclic) bond motifs is 1. The molecule has 3 rings (SSSR count). The molecule has 3 nitrogen and oxygen atoms in total. The Hall–Kier alpha value is -1.80. The highest BCUT2D eigenvalue weighted by Crippen LogP contribution is 2.30. The summed E-state index contributed by atoms with van der Waals surface area (Å²) >= 11 is 2.66. The molecule has 0 aliphatic heterocycles. The van der Waals surface area contributed by atoms with Gasteiger partial charge in [0.05, 0.1) is 11.1 Å². The monoisotopic (exact) mass is 356 g/mol. The van der Waals surface area contributed by atoms with Gasteiger partial charge in [-0.1, -0.05) is 23.9 Å². The average molecular weight is 356 g/mol. The summed E-state index contributed by atoms with van der Waals surface area (Å²) in [4.78, 5) is 16.6. The summed E-state index contributed by atoms with van der Waals surface area (Å²) < 4.78 is 39.7. The quantitative estimate of drug-likeness (QED) is 0.518. The number of aromatic nitrogens is 2. The van der Waals surface area contributed by atoms with E-state index < -0.39 is 11.7 Å². The molecule has 0 radical (unpaired) electrons. The van der Waals surface area contributed by atoms with Gasteiger partial charge in [-0.15, -0.1) is 11.3 Å². The summed E-state index contributed by atoms with van der Waals surface area (Å²) in [5.41, 5.74) is 0.604. The van der Waals surface area contributed by atoms with Crippen LogP contribution >= 0.6 is 23.1 Å². The van der Waals surface area contributed by atoms with Crippen LogP contribution in [0.4, 0.5) is 13.2 Å². The van der Waals surface area contributed by atoms with E-state index in [4.69, 9.17) is 0 Å². The zero-order chi connectivity index (χ0) is 16.6. The molecule has 120 valence electrons. The minimum Gasteiger partial charge on any atom is -0.290 e. The van der Waals surface area contributed by atoms with E-state index in [9.17, 15) is 18.0 Å². The zero-order valence-corrected chi connectivity index (χ0v) is 13.6. The number of benzene rings is 1. The Balaban J connectivity index is 1.81. The van der Waals surface area contributed by atoms with Gasteiger partial charge in [0.25, 0.3) is 5.56 Å². The number of halogens is 3. The molecule has 0 unspecified atom stereocenters. The van der Waals surface area contributed by atoms with Gasteiger partial charge in [0.1, 0.15) is 4.70 Å². The van der Waals surface area contributed by atoms with E-state index in [1.54, 1.807) is 13.1 Å². The third-order valence-corrected chi connectivity index (χ3v) is 5.29. The topological polar surface area (TPSA) is 34.9 Å². The van der Waals surface area contributed by atoms with Crippen LogP contribution in [0, 0.1) is 0 Å². The van der Waals surface area contributed by atoms with Crippen molar-refractivity contribution in [2.75, 3.05) is 0 Å². The van der Waals surface area contributed by atoms with Gasteiger partial charge in [0, 0.05) is 12.8 Å². The van der Waals surface area contributed by atoms with Crippen LogP contribution in [-0.2, 0) is 19.0 Å². The Morgan fingerprint density at radius 3 is 2.57 bits per heavy atom. The summed E-state index contributed by atoms with van der Waals surface area (Å²) in [5, 5.41) is 2.35. The van der Waals surface area contributed by atoms with Crippen LogP contribution in [0.25, 0.3) is 10.2 Å². The minimum atomic E-state index is -4.33. The lowest BCUT2D eigenvalue weighted by Gasteiger charge is -2.09. The van der Waals surface area contributed by atoms with Gasteiger partial charge >= 0.3 is 6.18 Å². The van der Waals surface area contributed by atoms with Crippen molar-refractivity contribution in [3.8, 4) is 0 Å². The van der Waals surface area contributed by atoms with Crippen LogP contribution in [-0.4, -0.2) is 9.55 Å². The molecule has 0 spiro atoms. The van der Waals surface area contributed by atoms with Gasteiger partial charge < -0.3 is 0 Å². The second kappa shape index (κ2) is 6.01. The number of nitrogens with zero attached hydrogens (tertiary/aromatic N) is 2. The molecular formula is C15H11F3N2OS2. The number of hydrogen-bond acceptors (Lipinski definition) is 4. The van der Waals surface area contributed by atoms with Crippen molar-refractivity contribution in [2.24, 2.45) is 7.05 Å². The molecule has 1 aromatic carbocycles. The van der Waals surface area contributed by atoms with E-state index >= 15 is 0 Å². The van der Waals surface area contributed by atoms with Crippen LogP contribution in [0.15, 0.2) is 45.7 Å². The van der Waals surface area contributed by atoms with Crippen molar-refractivity contribution >= 4 is 33.3 Å². The maximum Gasteiger partial charge on any atom is 0.416 e. The van der Waals surface area contributed by atoms with E-state index in [2.05, 4.69) is 4.98 Å². The van der Waals surface area contributed by atoms with Crippen LogP contribution < -0.4 is 5.56 Å². The normalized spacial score (nSPS) is 12.0. The summed E-state index contributed by atoms with van der Waals surface area (Å²) in [7, 11) is 1.64. The molecule has 3 aromatic rings. The number of hydrogen-bond donors (Lipinski definition) is 0. The third-order valence-electron chi connectivity index (χ3n) is 3.30. The van der Waals surface area contributed by atoms with Crippen LogP contribution in [0.3, 0.4) is 0 Å². The zero-order valence-electron chi connectivity index (χ0n) is 11.9. The van der Waals surface area contributed by atoms with Crippen molar-refractivity contribution in [1.29, 1.82) is 0 Å². The van der Waals surface area contributed by atoms with E-state index in [1.165, 1.54) is 39.8 Å². The van der Waals surface area contributed by atoms with Crippen molar-refractivity contribution in [3.63, 3.8) is 0 Å². The van der Waals surface area contributed by atoms with E-state index in [0.29, 0.717) is 21.1 Å². The van der Waals surface area contributed by atoms with E-state index in [0.717, 1.165) is 17.7 Å². The molecule has 2 aromatic heterocycles. The van der Waals surface area contributed by atoms with E-state index in [-0.39, 0.29) is 5.56 Å². The highest BCUT2D eigenvalue weighted by Gasteiger charge is 2.29. The molecule has 0 aliphatic carbocycles. The average Bonchev–Trinajstić information content (AvgIpc) is 2.97. The number of rotatable bonds is 3. The second-order valence-electron chi connectivity index (χ2n) is 4.88. The van der Waals surface area contributed by atoms with Gasteiger partial charge in [0.2, 0.25) is 0 Å². The van der Waals surface area contributed by atoms with Gasteiger partial charge in [0.15, 0.2) is 5.16 Å². The first-order chi connectivity index (χ1) is 10.9. The number of alkyl halides is 3. The van der Waals surface area contributed by atoms with Gasteiger partial charge in [-0.25, -0.2) is 4.98 Å². The SMILES string of the molecule is Cn1c(SCc2ccc(C(F)(F)F)cc2)nc2ccsc2c1=O. The van der Waals surface area contributed by atoms with Crippen molar-refractivity contribution < 1.29 is 13.2 Å². The van der Waals surface area contributed by atoms with Crippen molar-refractivity contribution in [2.45, 2.75) is 17.1 Å². The standard InChI is InChI=1S/C15H11F3N2OS2/c1-20-13(21)12-11(6-7-22-12)19-14(20)23-8-9-2-4-10(5-3-9)15(16,17)18/h2-7H,8H2,1H3. The largest absolute Gasteiger partial charge is 0.416 e.